The van der Waals surface area contributed by atoms with Gasteiger partial charge in [0.05, 0.1) is 0 Å². The first-order chi connectivity index (χ1) is 14.8. The van der Waals surface area contributed by atoms with Gasteiger partial charge in [0.25, 0.3) is 5.91 Å². The first-order valence-corrected chi connectivity index (χ1v) is 10.9. The molecular formula is C22H34N5O5+. The molecule has 0 radical (unpaired) electrons. The first-order valence-electron chi connectivity index (χ1n) is 10.9. The smallest absolute Gasteiger partial charge is 0.479 e. The molecule has 2 atom stereocenters. The van der Waals surface area contributed by atoms with E-state index in [2.05, 4.69) is 15.3 Å². The van der Waals surface area contributed by atoms with Gasteiger partial charge in [0.2, 0.25) is 5.54 Å². The molecule has 10 nitrogen and oxygen atoms in total. The van der Waals surface area contributed by atoms with Gasteiger partial charge in [0, 0.05) is 36.7 Å². The number of hydrogen-bond donors (Lipinski definition) is 3. The lowest BCUT2D eigenvalue weighted by molar-refractivity contribution is -0.903. The summed E-state index contributed by atoms with van der Waals surface area (Å²) in [4.78, 5) is 44.2. The van der Waals surface area contributed by atoms with Crippen LogP contribution in [0, 0.1) is 6.92 Å². The zero-order valence-corrected chi connectivity index (χ0v) is 19.5. The lowest BCUT2D eigenvalue weighted by Crippen LogP contribution is -2.81. The Morgan fingerprint density at radius 1 is 1.25 bits per heavy atom. The molecule has 2 aliphatic rings. The second-order valence-corrected chi connectivity index (χ2v) is 10.1. The maximum absolute atomic E-state index is 13.2. The van der Waals surface area contributed by atoms with Crippen molar-refractivity contribution in [2.75, 3.05) is 31.1 Å². The monoisotopic (exact) mass is 448 g/mol. The van der Waals surface area contributed by atoms with Crippen LogP contribution in [0.3, 0.4) is 0 Å². The number of nitrogens with one attached hydrogen (secondary N) is 1. The van der Waals surface area contributed by atoms with Crippen LogP contribution < -0.4 is 10.3 Å². The number of quaternary nitrogens is 1. The number of amides is 2. The van der Waals surface area contributed by atoms with Crippen molar-refractivity contribution in [3.63, 3.8) is 0 Å². The minimum atomic E-state index is -1.69. The number of carbonyl (C=O) groups is 3. The minimum absolute atomic E-state index is 0.0868. The molecule has 1 aromatic rings. The third-order valence-corrected chi connectivity index (χ3v) is 6.89. The van der Waals surface area contributed by atoms with Crippen LogP contribution >= 0.6 is 0 Å². The number of anilines is 1. The molecule has 0 saturated carbocycles. The number of hydrogen-bond acceptors (Lipinski definition) is 6. The van der Waals surface area contributed by atoms with Crippen LogP contribution in [-0.2, 0) is 9.59 Å². The molecule has 32 heavy (non-hydrogen) atoms. The number of aliphatic carboxylic acids is 1. The molecule has 176 valence electrons. The Morgan fingerprint density at radius 2 is 1.88 bits per heavy atom. The third-order valence-electron chi connectivity index (χ3n) is 6.89. The van der Waals surface area contributed by atoms with E-state index < -0.39 is 33.5 Å². The predicted molar refractivity (Wildman–Crippen MR) is 118 cm³/mol. The second-order valence-electron chi connectivity index (χ2n) is 10.1. The van der Waals surface area contributed by atoms with Gasteiger partial charge in [-0.1, -0.05) is 0 Å². The molecule has 2 aliphatic heterocycles. The molecule has 3 rings (SSSR count). The second kappa shape index (κ2) is 8.32. The van der Waals surface area contributed by atoms with Crippen molar-refractivity contribution in [3.05, 3.63) is 24.0 Å². The van der Waals surface area contributed by atoms with Gasteiger partial charge < -0.3 is 15.1 Å². The summed E-state index contributed by atoms with van der Waals surface area (Å²) in [6, 6.07) is 3.90. The normalized spacial score (nSPS) is 27.5. The first kappa shape index (κ1) is 23.9. The lowest BCUT2D eigenvalue weighted by Gasteiger charge is -2.53. The number of aromatic nitrogens is 1. The van der Waals surface area contributed by atoms with Gasteiger partial charge in [0.15, 0.2) is 6.54 Å². The summed E-state index contributed by atoms with van der Waals surface area (Å²) in [5, 5.41) is 21.2. The maximum atomic E-state index is 13.2. The molecule has 1 aromatic heterocycles. The highest BCUT2D eigenvalue weighted by Crippen LogP contribution is 2.35. The van der Waals surface area contributed by atoms with E-state index in [-0.39, 0.29) is 19.1 Å². The van der Waals surface area contributed by atoms with E-state index in [9.17, 15) is 24.6 Å². The van der Waals surface area contributed by atoms with Gasteiger partial charge in [-0.05, 0) is 59.6 Å². The molecular weight excluding hydrogens is 414 g/mol. The Labute approximate surface area is 188 Å². The fraction of sp³-hybridized carbons (Fsp3) is 0.636. The summed E-state index contributed by atoms with van der Waals surface area (Å²) >= 11 is 0. The number of piperazine rings is 1. The molecule has 2 unspecified atom stereocenters. The molecule has 2 fully saturated rings. The van der Waals surface area contributed by atoms with Crippen LogP contribution in [-0.4, -0.2) is 86.0 Å². The van der Waals surface area contributed by atoms with Crippen LogP contribution in [0.15, 0.2) is 18.3 Å². The Balaban J connectivity index is 1.77. The largest absolute Gasteiger partial charge is 0.514 e. The Hall–Kier alpha value is -2.72. The van der Waals surface area contributed by atoms with Gasteiger partial charge in [-0.15, -0.1) is 0 Å². The Bertz CT molecular complexity index is 908. The van der Waals surface area contributed by atoms with Crippen molar-refractivity contribution in [3.8, 4) is 0 Å². The summed E-state index contributed by atoms with van der Waals surface area (Å²) in [6.07, 6.45) is 2.03. The number of piperidine rings is 1. The van der Waals surface area contributed by atoms with E-state index in [1.807, 2.05) is 19.1 Å². The number of carboxylic acids is 1. The number of pyridine rings is 1. The van der Waals surface area contributed by atoms with Crippen molar-refractivity contribution >= 4 is 23.7 Å². The highest BCUT2D eigenvalue weighted by Gasteiger charge is 2.63. The molecule has 2 saturated heterocycles. The average Bonchev–Trinajstić information content (AvgIpc) is 2.70. The third kappa shape index (κ3) is 4.16. The molecule has 10 heteroatoms. The van der Waals surface area contributed by atoms with Crippen molar-refractivity contribution in [1.82, 2.24) is 15.4 Å². The molecule has 3 heterocycles. The molecule has 3 N–H and O–H groups in total. The fourth-order valence-electron chi connectivity index (χ4n) is 4.68. The average molecular weight is 449 g/mol. The zero-order valence-electron chi connectivity index (χ0n) is 19.5. The van der Waals surface area contributed by atoms with Gasteiger partial charge in [-0.3, -0.25) is 9.78 Å². The number of carboxylic acid groups (broad SMARTS) is 2. The Kier molecular flexibility index (Phi) is 6.23. The van der Waals surface area contributed by atoms with Gasteiger partial charge in [-0.2, -0.15) is 4.79 Å². The van der Waals surface area contributed by atoms with Gasteiger partial charge in [-0.25, -0.2) is 19.7 Å². The van der Waals surface area contributed by atoms with Crippen molar-refractivity contribution in [2.24, 2.45) is 0 Å². The van der Waals surface area contributed by atoms with Crippen LogP contribution in [0.2, 0.25) is 0 Å². The highest BCUT2D eigenvalue weighted by atomic mass is 16.4. The lowest BCUT2D eigenvalue weighted by atomic mass is 9.90. The van der Waals surface area contributed by atoms with Crippen LogP contribution in [0.25, 0.3) is 0 Å². The number of rotatable bonds is 4. The Morgan fingerprint density at radius 3 is 2.38 bits per heavy atom. The van der Waals surface area contributed by atoms with Crippen molar-refractivity contribution in [1.29, 1.82) is 0 Å². The van der Waals surface area contributed by atoms with E-state index in [1.165, 1.54) is 11.9 Å². The fourth-order valence-corrected chi connectivity index (χ4v) is 4.68. The molecule has 0 aromatic carbocycles. The number of carbonyl (C=O) groups excluding carboxylic acids is 1. The standard InChI is InChI=1S/C22H33N5O5/c1-15-12-17(6-9-23-15)25-10-7-16(8-11-25)24-26-18(28)13-27(20(31)32,21(2,3)4)14-22(26,5)19(29)30/h6,9,12,16,24H,7-8,10-11,13-14H2,1-5H3,(H-,29,30,31,32)/p+1. The highest BCUT2D eigenvalue weighted by molar-refractivity contribution is 5.89. The van der Waals surface area contributed by atoms with Crippen LogP contribution in [0.4, 0.5) is 10.5 Å². The van der Waals surface area contributed by atoms with Gasteiger partial charge in [0.1, 0.15) is 12.1 Å². The molecule has 0 bridgehead atoms. The van der Waals surface area contributed by atoms with E-state index >= 15 is 0 Å². The SMILES string of the molecule is Cc1cc(N2CCC(NN3C(=O)C[N+](C(=O)O)(C(C)(C)C)CC3(C)C(=O)O)CC2)ccn1. The van der Waals surface area contributed by atoms with E-state index in [0.717, 1.165) is 37.3 Å². The van der Waals surface area contributed by atoms with Gasteiger partial charge >= 0.3 is 12.1 Å². The zero-order chi connectivity index (χ0) is 23.9. The topological polar surface area (TPSA) is 123 Å². The summed E-state index contributed by atoms with van der Waals surface area (Å²) in [7, 11) is 0. The summed E-state index contributed by atoms with van der Waals surface area (Å²) < 4.78 is -0.632. The van der Waals surface area contributed by atoms with E-state index in [1.54, 1.807) is 27.0 Å². The summed E-state index contributed by atoms with van der Waals surface area (Å²) in [5.41, 5.74) is 2.64. The molecule has 0 aliphatic carbocycles. The van der Waals surface area contributed by atoms with Crippen molar-refractivity contribution < 1.29 is 29.1 Å². The summed E-state index contributed by atoms with van der Waals surface area (Å²) in [6.45, 7) is 9.51. The van der Waals surface area contributed by atoms with Crippen LogP contribution in [0.1, 0.15) is 46.2 Å². The number of aryl methyl sites for hydroxylation is 1. The van der Waals surface area contributed by atoms with E-state index in [4.69, 9.17) is 0 Å². The molecule has 2 amide bonds. The van der Waals surface area contributed by atoms with Crippen molar-refractivity contribution in [2.45, 2.75) is 64.6 Å². The van der Waals surface area contributed by atoms with Crippen LogP contribution in [0.5, 0.6) is 0 Å². The van der Waals surface area contributed by atoms with E-state index in [0.29, 0.717) is 0 Å². The number of hydrazine groups is 1. The molecule has 0 spiro atoms. The minimum Gasteiger partial charge on any atom is -0.479 e. The number of nitrogens with zero attached hydrogens (tertiary/aromatic N) is 4. The maximum Gasteiger partial charge on any atom is 0.514 e. The predicted octanol–water partition coefficient (Wildman–Crippen LogP) is 1.84. The summed E-state index contributed by atoms with van der Waals surface area (Å²) in [5.74, 6) is -1.75. The quantitative estimate of drug-likeness (QED) is 0.597.